The lowest BCUT2D eigenvalue weighted by Crippen LogP contribution is -2.28. The molecule has 6 nitrogen and oxygen atoms in total. The molecule has 0 spiro atoms. The van der Waals surface area contributed by atoms with Crippen LogP contribution in [0.2, 0.25) is 0 Å². The van der Waals surface area contributed by atoms with Gasteiger partial charge in [0.15, 0.2) is 11.6 Å². The summed E-state index contributed by atoms with van der Waals surface area (Å²) in [5, 5.41) is 12.1. The molecule has 0 amide bonds. The van der Waals surface area contributed by atoms with Crippen molar-refractivity contribution in [1.29, 1.82) is 0 Å². The third-order valence-corrected chi connectivity index (χ3v) is 6.83. The quantitative estimate of drug-likeness (QED) is 0.466. The molecule has 2 N–H and O–H groups in total. The van der Waals surface area contributed by atoms with Gasteiger partial charge in [-0.25, -0.2) is 18.7 Å². The Morgan fingerprint density at radius 2 is 1.74 bits per heavy atom. The maximum Gasteiger partial charge on any atom is 0.303 e. The van der Waals surface area contributed by atoms with Crippen molar-refractivity contribution < 1.29 is 23.1 Å². The van der Waals surface area contributed by atoms with Crippen molar-refractivity contribution in [1.82, 2.24) is 9.97 Å². The van der Waals surface area contributed by atoms with E-state index in [0.717, 1.165) is 51.0 Å². The lowest BCUT2D eigenvalue weighted by molar-refractivity contribution is -0.138. The van der Waals surface area contributed by atoms with Gasteiger partial charge in [0.25, 0.3) is 5.92 Å². The van der Waals surface area contributed by atoms with Gasteiger partial charge in [0.1, 0.15) is 6.33 Å². The van der Waals surface area contributed by atoms with Crippen LogP contribution in [0.3, 0.4) is 0 Å². The zero-order valence-corrected chi connectivity index (χ0v) is 19.3. The summed E-state index contributed by atoms with van der Waals surface area (Å²) in [6, 6.07) is 6.29. The van der Waals surface area contributed by atoms with Crippen LogP contribution in [-0.4, -0.2) is 33.6 Å². The van der Waals surface area contributed by atoms with Gasteiger partial charge in [-0.3, -0.25) is 4.79 Å². The number of anilines is 2. The molecule has 0 radical (unpaired) electrons. The molecule has 2 saturated carbocycles. The summed E-state index contributed by atoms with van der Waals surface area (Å²) in [5.41, 5.74) is 0.761. The molecule has 9 heteroatoms. The van der Waals surface area contributed by atoms with Crippen molar-refractivity contribution >= 4 is 17.6 Å². The van der Waals surface area contributed by atoms with E-state index in [1.165, 1.54) is 18.5 Å². The van der Waals surface area contributed by atoms with Crippen LogP contribution >= 0.6 is 0 Å². The summed E-state index contributed by atoms with van der Waals surface area (Å²) in [7, 11) is 0. The van der Waals surface area contributed by atoms with E-state index in [1.54, 1.807) is 12.1 Å². The highest BCUT2D eigenvalue weighted by molar-refractivity contribution is 5.67. The largest absolute Gasteiger partial charge is 0.481 e. The summed E-state index contributed by atoms with van der Waals surface area (Å²) in [6.45, 7) is 1.81. The van der Waals surface area contributed by atoms with E-state index in [2.05, 4.69) is 15.3 Å². The zero-order chi connectivity index (χ0) is 24.3. The second-order valence-corrected chi connectivity index (χ2v) is 9.67. The minimum Gasteiger partial charge on any atom is -0.481 e. The van der Waals surface area contributed by atoms with Crippen LogP contribution in [0.15, 0.2) is 30.6 Å². The molecule has 0 atom stereocenters. The monoisotopic (exact) mass is 476 g/mol. The van der Waals surface area contributed by atoms with Crippen molar-refractivity contribution in [2.45, 2.75) is 70.4 Å². The molecule has 1 aromatic heterocycles. The fourth-order valence-electron chi connectivity index (χ4n) is 4.67. The molecule has 0 aliphatic heterocycles. The van der Waals surface area contributed by atoms with Gasteiger partial charge in [-0.2, -0.15) is 4.39 Å². The molecule has 1 aromatic carbocycles. The number of hydrogen-bond donors (Lipinski definition) is 2. The van der Waals surface area contributed by atoms with Gasteiger partial charge < -0.3 is 15.3 Å². The molecule has 184 valence electrons. The fourth-order valence-corrected chi connectivity index (χ4v) is 4.67. The smallest absolute Gasteiger partial charge is 0.303 e. The van der Waals surface area contributed by atoms with Crippen LogP contribution in [0.4, 0.5) is 24.8 Å². The van der Waals surface area contributed by atoms with Crippen LogP contribution in [-0.2, 0) is 17.3 Å². The number of hydrogen-bond acceptors (Lipinski definition) is 5. The highest BCUT2D eigenvalue weighted by atomic mass is 19.3. The predicted octanol–water partition coefficient (Wildman–Crippen LogP) is 5.59. The van der Waals surface area contributed by atoms with E-state index in [0.29, 0.717) is 19.0 Å². The molecule has 2 aliphatic rings. The van der Waals surface area contributed by atoms with Crippen LogP contribution in [0, 0.1) is 17.7 Å². The molecule has 4 rings (SSSR count). The first-order valence-electron chi connectivity index (χ1n) is 11.9. The van der Waals surface area contributed by atoms with Crippen LogP contribution in [0.1, 0.15) is 63.0 Å². The maximum absolute atomic E-state index is 15.4. The number of benzene rings is 1. The topological polar surface area (TPSA) is 78.4 Å². The molecule has 2 aromatic rings. The van der Waals surface area contributed by atoms with Gasteiger partial charge in [0.05, 0.1) is 0 Å². The number of carbonyl (C=O) groups is 1. The Labute approximate surface area is 197 Å². The number of rotatable bonds is 10. The van der Waals surface area contributed by atoms with E-state index < -0.39 is 17.7 Å². The SMILES string of the molecule is CC(F)(F)c1ccc(CN(c2ncnc(NCC3CCC(CC(=O)O)CC3)c2F)C2CC2)cc1. The predicted molar refractivity (Wildman–Crippen MR) is 123 cm³/mol. The number of aliphatic carboxylic acids is 1. The molecule has 0 bridgehead atoms. The summed E-state index contributed by atoms with van der Waals surface area (Å²) in [5.74, 6) is -3.22. The van der Waals surface area contributed by atoms with E-state index in [-0.39, 0.29) is 35.6 Å². The minimum atomic E-state index is -2.90. The average molecular weight is 477 g/mol. The molecule has 0 saturated heterocycles. The van der Waals surface area contributed by atoms with Gasteiger partial charge in [-0.15, -0.1) is 0 Å². The zero-order valence-electron chi connectivity index (χ0n) is 19.3. The number of carboxylic acids is 1. The first-order valence-corrected chi connectivity index (χ1v) is 11.9. The standard InChI is InChI=1S/C25H31F3N4O2/c1-25(27,28)19-8-6-18(7-9-19)14-32(20-10-11-20)24-22(26)23(30-15-31-24)29-13-17-4-2-16(3-5-17)12-21(33)34/h6-9,15-17,20H,2-5,10-14H2,1H3,(H,33,34)(H,29,30,31). The number of alkyl halides is 2. The summed E-state index contributed by atoms with van der Waals surface area (Å²) in [6.07, 6.45) is 6.97. The first kappa shape index (κ1) is 24.3. The van der Waals surface area contributed by atoms with Gasteiger partial charge in [-0.05, 0) is 55.9 Å². The Balaban J connectivity index is 1.40. The van der Waals surface area contributed by atoms with Crippen molar-refractivity contribution in [2.75, 3.05) is 16.8 Å². The highest BCUT2D eigenvalue weighted by Gasteiger charge is 2.33. The van der Waals surface area contributed by atoms with Gasteiger partial charge in [0, 0.05) is 38.0 Å². The van der Waals surface area contributed by atoms with Crippen LogP contribution < -0.4 is 10.2 Å². The summed E-state index contributed by atoms with van der Waals surface area (Å²) in [4.78, 5) is 21.1. The van der Waals surface area contributed by atoms with E-state index in [1.807, 2.05) is 4.90 Å². The second kappa shape index (κ2) is 10.2. The van der Waals surface area contributed by atoms with Gasteiger partial charge in [0.2, 0.25) is 5.82 Å². The number of carboxylic acid groups (broad SMARTS) is 1. The minimum absolute atomic E-state index is 0.0501. The number of halogens is 3. The number of aromatic nitrogens is 2. The molecular weight excluding hydrogens is 445 g/mol. The Morgan fingerprint density at radius 3 is 2.32 bits per heavy atom. The maximum atomic E-state index is 15.4. The van der Waals surface area contributed by atoms with E-state index in [4.69, 9.17) is 5.11 Å². The fraction of sp³-hybridized carbons (Fsp3) is 0.560. The third-order valence-electron chi connectivity index (χ3n) is 6.83. The normalized spacial score (nSPS) is 20.7. The Morgan fingerprint density at radius 1 is 1.09 bits per heavy atom. The molecule has 2 fully saturated rings. The van der Waals surface area contributed by atoms with Gasteiger partial charge in [-0.1, -0.05) is 24.3 Å². The van der Waals surface area contributed by atoms with Crippen molar-refractivity contribution in [3.63, 3.8) is 0 Å². The molecular formula is C25H31F3N4O2. The van der Waals surface area contributed by atoms with E-state index in [9.17, 15) is 13.6 Å². The Kier molecular flexibility index (Phi) is 7.28. The Bertz CT molecular complexity index is 985. The van der Waals surface area contributed by atoms with E-state index >= 15 is 4.39 Å². The summed E-state index contributed by atoms with van der Waals surface area (Å²) < 4.78 is 42.4. The molecule has 1 heterocycles. The first-order chi connectivity index (χ1) is 16.2. The van der Waals surface area contributed by atoms with Crippen LogP contribution in [0.5, 0.6) is 0 Å². The third kappa shape index (κ3) is 6.18. The second-order valence-electron chi connectivity index (χ2n) is 9.67. The average Bonchev–Trinajstić information content (AvgIpc) is 3.63. The van der Waals surface area contributed by atoms with Gasteiger partial charge >= 0.3 is 5.97 Å². The number of nitrogens with zero attached hydrogens (tertiary/aromatic N) is 3. The van der Waals surface area contributed by atoms with Crippen molar-refractivity contribution in [2.24, 2.45) is 11.8 Å². The summed E-state index contributed by atoms with van der Waals surface area (Å²) >= 11 is 0. The number of nitrogens with one attached hydrogen (secondary N) is 1. The molecule has 34 heavy (non-hydrogen) atoms. The molecule has 0 unspecified atom stereocenters. The Hall–Kier alpha value is -2.84. The lowest BCUT2D eigenvalue weighted by Gasteiger charge is -2.28. The highest BCUT2D eigenvalue weighted by Crippen LogP contribution is 2.36. The van der Waals surface area contributed by atoms with Crippen LogP contribution in [0.25, 0.3) is 0 Å². The van der Waals surface area contributed by atoms with Crippen molar-refractivity contribution in [3.8, 4) is 0 Å². The lowest BCUT2D eigenvalue weighted by atomic mass is 9.80. The molecule has 2 aliphatic carbocycles. The van der Waals surface area contributed by atoms with Crippen molar-refractivity contribution in [3.05, 3.63) is 47.5 Å².